The number of fused-ring (bicyclic) bond motifs is 1. The summed E-state index contributed by atoms with van der Waals surface area (Å²) in [4.78, 5) is 10.3. The smallest absolute Gasteiger partial charge is 0.385 e. The van der Waals surface area contributed by atoms with Gasteiger partial charge in [-0.3, -0.25) is 0 Å². The minimum absolute atomic E-state index is 0.0903. The van der Waals surface area contributed by atoms with Crippen molar-refractivity contribution in [3.05, 3.63) is 36.2 Å². The molecule has 0 radical (unpaired) electrons. The molecular formula is C18H18F5N4O2P. The molecule has 6 nitrogen and oxygen atoms in total. The third-order valence-electron chi connectivity index (χ3n) is 4.38. The summed E-state index contributed by atoms with van der Waals surface area (Å²) in [7, 11) is -2.72. The summed E-state index contributed by atoms with van der Waals surface area (Å²) >= 11 is 0. The van der Waals surface area contributed by atoms with Crippen LogP contribution >= 0.6 is 7.14 Å². The van der Waals surface area contributed by atoms with Crippen LogP contribution in [0.4, 0.5) is 27.9 Å². The predicted octanol–water partition coefficient (Wildman–Crippen LogP) is 3.93. The molecule has 0 saturated heterocycles. The second kappa shape index (κ2) is 7.96. The van der Waals surface area contributed by atoms with Crippen LogP contribution in [0.1, 0.15) is 5.56 Å². The van der Waals surface area contributed by atoms with Crippen LogP contribution in [0.25, 0.3) is 22.2 Å². The van der Waals surface area contributed by atoms with Crippen molar-refractivity contribution in [2.75, 3.05) is 25.2 Å². The maximum absolute atomic E-state index is 13.6. The van der Waals surface area contributed by atoms with Gasteiger partial charge in [0.1, 0.15) is 18.8 Å². The zero-order valence-corrected chi connectivity index (χ0v) is 16.7. The number of rotatable bonds is 6. The fourth-order valence-corrected chi connectivity index (χ4v) is 4.12. The molecule has 0 aliphatic rings. The van der Waals surface area contributed by atoms with E-state index in [-0.39, 0.29) is 11.5 Å². The number of aliphatic hydroxyl groups is 1. The van der Waals surface area contributed by atoms with E-state index in [9.17, 15) is 31.6 Å². The first-order valence-electron chi connectivity index (χ1n) is 8.70. The Morgan fingerprint density at radius 3 is 2.57 bits per heavy atom. The van der Waals surface area contributed by atoms with E-state index in [1.807, 2.05) is 0 Å². The van der Waals surface area contributed by atoms with Crippen molar-refractivity contribution >= 4 is 29.3 Å². The fourth-order valence-electron chi connectivity index (χ4n) is 2.95. The minimum Gasteiger partial charge on any atom is -0.385 e. The van der Waals surface area contributed by atoms with Gasteiger partial charge in [0.25, 0.3) is 6.43 Å². The molecule has 2 heterocycles. The molecule has 3 N–H and O–H groups in total. The molecule has 0 bridgehead atoms. The molecule has 0 aliphatic carbocycles. The number of anilines is 1. The van der Waals surface area contributed by atoms with Crippen molar-refractivity contribution in [1.29, 1.82) is 0 Å². The Hall–Kier alpha value is -2.52. The zero-order chi connectivity index (χ0) is 22.3. The summed E-state index contributed by atoms with van der Waals surface area (Å²) in [5, 5.41) is 12.4. The van der Waals surface area contributed by atoms with Gasteiger partial charge in [0.15, 0.2) is 0 Å². The van der Waals surface area contributed by atoms with Crippen LogP contribution in [0.15, 0.2) is 30.6 Å². The van der Waals surface area contributed by atoms with Crippen molar-refractivity contribution < 1.29 is 31.6 Å². The van der Waals surface area contributed by atoms with E-state index in [0.29, 0.717) is 22.4 Å². The summed E-state index contributed by atoms with van der Waals surface area (Å²) < 4.78 is 78.2. The molecule has 1 unspecified atom stereocenters. The molecule has 3 rings (SSSR count). The average molecular weight is 448 g/mol. The number of nitrogens with zero attached hydrogens (tertiary/aromatic N) is 2. The minimum atomic E-state index is -4.78. The molecule has 2 aromatic heterocycles. The third kappa shape index (κ3) is 4.46. The number of para-hydroxylation sites is 1. The van der Waals surface area contributed by atoms with Crippen LogP contribution < -0.4 is 10.6 Å². The van der Waals surface area contributed by atoms with E-state index < -0.39 is 43.6 Å². The summed E-state index contributed by atoms with van der Waals surface area (Å²) in [5.41, 5.74) is -1.08. The van der Waals surface area contributed by atoms with E-state index in [1.165, 1.54) is 6.20 Å². The number of aromatic amines is 1. The van der Waals surface area contributed by atoms with Gasteiger partial charge in [0, 0.05) is 35.2 Å². The van der Waals surface area contributed by atoms with Crippen molar-refractivity contribution in [3.8, 4) is 11.3 Å². The lowest BCUT2D eigenvalue weighted by Crippen LogP contribution is -2.27. The van der Waals surface area contributed by atoms with Crippen LogP contribution in [0, 0.1) is 0 Å². The molecule has 1 atom stereocenters. The molecule has 0 spiro atoms. The average Bonchev–Trinajstić information content (AvgIpc) is 3.08. The van der Waals surface area contributed by atoms with E-state index >= 15 is 0 Å². The maximum atomic E-state index is 13.6. The first-order valence-corrected chi connectivity index (χ1v) is 11.3. The molecule has 162 valence electrons. The number of halogens is 5. The standard InChI is InChI=1S/C18H18F5N4O2P/c1-30(2,29)13-5-3-4-9-10(6-24-15(9)13)14-11(18(21,22)23)7-25-17(27-14)26-8-12(28)16(19)20/h3-7,12,16,24,28H,8H2,1-2H3,(H,25,26,27). The Balaban J connectivity index is 2.14. The number of hydrogen-bond donors (Lipinski definition) is 3. The summed E-state index contributed by atoms with van der Waals surface area (Å²) in [6.07, 6.45) is -7.97. The first-order chi connectivity index (χ1) is 13.9. The monoisotopic (exact) mass is 448 g/mol. The van der Waals surface area contributed by atoms with Gasteiger partial charge in [-0.15, -0.1) is 0 Å². The SMILES string of the molecule is CP(C)(=O)c1cccc2c(-c3nc(NCC(O)C(F)F)ncc3C(F)(F)F)c[nH]c12. The molecule has 0 saturated carbocycles. The van der Waals surface area contributed by atoms with Crippen molar-refractivity contribution in [2.45, 2.75) is 18.7 Å². The van der Waals surface area contributed by atoms with Crippen molar-refractivity contribution in [1.82, 2.24) is 15.0 Å². The number of alkyl halides is 5. The number of benzene rings is 1. The van der Waals surface area contributed by atoms with Gasteiger partial charge in [-0.25, -0.2) is 18.7 Å². The normalized spacial score (nSPS) is 13.8. The molecule has 0 aliphatic heterocycles. The van der Waals surface area contributed by atoms with Gasteiger partial charge in [0.05, 0.1) is 11.2 Å². The zero-order valence-electron chi connectivity index (χ0n) is 15.8. The number of H-pyrrole nitrogens is 1. The van der Waals surface area contributed by atoms with Gasteiger partial charge in [-0.05, 0) is 19.4 Å². The molecule has 0 fully saturated rings. The molecule has 30 heavy (non-hydrogen) atoms. The Morgan fingerprint density at radius 2 is 1.97 bits per heavy atom. The third-order valence-corrected chi connectivity index (χ3v) is 5.92. The highest BCUT2D eigenvalue weighted by Gasteiger charge is 2.36. The summed E-state index contributed by atoms with van der Waals surface area (Å²) in [6, 6.07) is 4.78. The van der Waals surface area contributed by atoms with Crippen LogP contribution in [0.5, 0.6) is 0 Å². The Labute approximate surface area is 167 Å². The van der Waals surface area contributed by atoms with Gasteiger partial charge in [0.2, 0.25) is 5.95 Å². The Kier molecular flexibility index (Phi) is 5.88. The van der Waals surface area contributed by atoms with E-state index in [4.69, 9.17) is 0 Å². The Bertz CT molecular complexity index is 1110. The molecule has 3 aromatic rings. The lowest BCUT2D eigenvalue weighted by Gasteiger charge is -2.15. The van der Waals surface area contributed by atoms with E-state index in [0.717, 1.165) is 0 Å². The maximum Gasteiger partial charge on any atom is 0.419 e. The van der Waals surface area contributed by atoms with Gasteiger partial charge in [-0.2, -0.15) is 13.2 Å². The molecule has 0 amide bonds. The van der Waals surface area contributed by atoms with Gasteiger partial charge in [-0.1, -0.05) is 12.1 Å². The van der Waals surface area contributed by atoms with E-state index in [2.05, 4.69) is 20.3 Å². The van der Waals surface area contributed by atoms with Crippen LogP contribution in [0.2, 0.25) is 0 Å². The highest BCUT2D eigenvalue weighted by molar-refractivity contribution is 7.70. The Morgan fingerprint density at radius 1 is 1.27 bits per heavy atom. The topological polar surface area (TPSA) is 90.9 Å². The van der Waals surface area contributed by atoms with Gasteiger partial charge < -0.3 is 20.0 Å². The summed E-state index contributed by atoms with van der Waals surface area (Å²) in [5.74, 6) is -0.347. The number of nitrogens with one attached hydrogen (secondary N) is 2. The highest BCUT2D eigenvalue weighted by atomic mass is 31.2. The molecule has 1 aromatic carbocycles. The fraction of sp³-hybridized carbons (Fsp3) is 0.333. The van der Waals surface area contributed by atoms with E-state index in [1.54, 1.807) is 31.5 Å². The van der Waals surface area contributed by atoms with Crippen molar-refractivity contribution in [2.24, 2.45) is 0 Å². The second-order valence-electron chi connectivity index (χ2n) is 6.99. The largest absolute Gasteiger partial charge is 0.419 e. The number of aliphatic hydroxyl groups excluding tert-OH is 1. The van der Waals surface area contributed by atoms with Crippen LogP contribution in [-0.4, -0.2) is 52.5 Å². The predicted molar refractivity (Wildman–Crippen MR) is 104 cm³/mol. The lowest BCUT2D eigenvalue weighted by atomic mass is 10.1. The molecular weight excluding hydrogens is 430 g/mol. The number of aromatic nitrogens is 3. The van der Waals surface area contributed by atoms with Crippen molar-refractivity contribution in [3.63, 3.8) is 0 Å². The molecule has 12 heteroatoms. The number of hydrogen-bond acceptors (Lipinski definition) is 5. The van der Waals surface area contributed by atoms with Gasteiger partial charge >= 0.3 is 6.18 Å². The lowest BCUT2D eigenvalue weighted by molar-refractivity contribution is -0.137. The van der Waals surface area contributed by atoms with Crippen LogP contribution in [0.3, 0.4) is 0 Å². The first kappa shape index (κ1) is 22.2. The highest BCUT2D eigenvalue weighted by Crippen LogP contribution is 2.41. The summed E-state index contributed by atoms with van der Waals surface area (Å²) in [6.45, 7) is 2.45. The van der Waals surface area contributed by atoms with Crippen LogP contribution in [-0.2, 0) is 10.7 Å². The quantitative estimate of drug-likeness (QED) is 0.393. The second-order valence-corrected chi connectivity index (χ2v) is 10.2.